The summed E-state index contributed by atoms with van der Waals surface area (Å²) in [6, 6.07) is 0. The zero-order valence-corrected chi connectivity index (χ0v) is 12.2. The van der Waals surface area contributed by atoms with Gasteiger partial charge in [0.25, 0.3) is 5.56 Å². The summed E-state index contributed by atoms with van der Waals surface area (Å²) in [7, 11) is 1.92. The predicted octanol–water partition coefficient (Wildman–Crippen LogP) is 0.939. The second-order valence-electron chi connectivity index (χ2n) is 6.13. The van der Waals surface area contributed by atoms with E-state index < -0.39 is 0 Å². The molecule has 3 heterocycles. The van der Waals surface area contributed by atoms with Crippen molar-refractivity contribution >= 4 is 0 Å². The molecule has 6 nitrogen and oxygen atoms in total. The number of nitrogens with zero attached hydrogens (tertiary/aromatic N) is 4. The fraction of sp³-hybridized carbons (Fsp3) is 0.533. The van der Waals surface area contributed by atoms with Gasteiger partial charge in [-0.15, -0.1) is 0 Å². The van der Waals surface area contributed by atoms with Crippen molar-refractivity contribution in [2.75, 3.05) is 6.54 Å². The SMILES string of the molecule is Cn1cc(CN2CCc3nc(C4CC4)[nH]c(=O)c3C2)cn1. The summed E-state index contributed by atoms with van der Waals surface area (Å²) in [6.07, 6.45) is 7.09. The van der Waals surface area contributed by atoms with Gasteiger partial charge in [-0.25, -0.2) is 4.98 Å². The Hall–Kier alpha value is -1.95. The molecule has 0 radical (unpaired) electrons. The highest BCUT2D eigenvalue weighted by Gasteiger charge is 2.29. The fourth-order valence-electron chi connectivity index (χ4n) is 3.00. The zero-order chi connectivity index (χ0) is 14.4. The van der Waals surface area contributed by atoms with Crippen molar-refractivity contribution < 1.29 is 0 Å². The van der Waals surface area contributed by atoms with Crippen LogP contribution >= 0.6 is 0 Å². The quantitative estimate of drug-likeness (QED) is 0.911. The molecule has 1 fully saturated rings. The lowest BCUT2D eigenvalue weighted by Gasteiger charge is -2.27. The topological polar surface area (TPSA) is 66.8 Å². The average molecular weight is 285 g/mol. The number of aromatic nitrogens is 4. The maximum atomic E-state index is 12.3. The van der Waals surface area contributed by atoms with Crippen molar-refractivity contribution in [3.63, 3.8) is 0 Å². The van der Waals surface area contributed by atoms with Gasteiger partial charge < -0.3 is 4.98 Å². The van der Waals surface area contributed by atoms with Crippen LogP contribution in [-0.4, -0.2) is 31.2 Å². The second kappa shape index (κ2) is 4.80. The summed E-state index contributed by atoms with van der Waals surface area (Å²) >= 11 is 0. The Morgan fingerprint density at radius 2 is 2.29 bits per heavy atom. The number of hydrogen-bond donors (Lipinski definition) is 1. The molecule has 0 amide bonds. The van der Waals surface area contributed by atoms with Gasteiger partial charge in [0.1, 0.15) is 5.82 Å². The highest BCUT2D eigenvalue weighted by atomic mass is 16.1. The molecule has 0 spiro atoms. The van der Waals surface area contributed by atoms with E-state index in [0.717, 1.165) is 49.4 Å². The van der Waals surface area contributed by atoms with Crippen molar-refractivity contribution in [2.24, 2.45) is 7.05 Å². The molecule has 4 rings (SSSR count). The third-order valence-electron chi connectivity index (χ3n) is 4.29. The Kier molecular flexibility index (Phi) is 2.92. The van der Waals surface area contributed by atoms with Crippen LogP contribution in [0.2, 0.25) is 0 Å². The Balaban J connectivity index is 1.55. The van der Waals surface area contributed by atoms with Crippen LogP contribution in [0.5, 0.6) is 0 Å². The summed E-state index contributed by atoms with van der Waals surface area (Å²) in [5.74, 6) is 1.40. The fourth-order valence-corrected chi connectivity index (χ4v) is 3.00. The third-order valence-corrected chi connectivity index (χ3v) is 4.29. The lowest BCUT2D eigenvalue weighted by atomic mass is 10.1. The molecule has 1 aliphatic heterocycles. The van der Waals surface area contributed by atoms with Crippen LogP contribution in [0.1, 0.15) is 41.4 Å². The lowest BCUT2D eigenvalue weighted by molar-refractivity contribution is 0.241. The standard InChI is InChI=1S/C15H19N5O/c1-19-7-10(6-16-19)8-20-5-4-13-12(9-20)15(21)18-14(17-13)11-2-3-11/h6-7,11H,2-5,8-9H2,1H3,(H,17,18,21). The largest absolute Gasteiger partial charge is 0.310 e. The van der Waals surface area contributed by atoms with Crippen LogP contribution < -0.4 is 5.56 Å². The van der Waals surface area contributed by atoms with E-state index in [2.05, 4.69) is 20.0 Å². The van der Waals surface area contributed by atoms with Crippen molar-refractivity contribution in [3.8, 4) is 0 Å². The van der Waals surface area contributed by atoms with E-state index in [-0.39, 0.29) is 5.56 Å². The molecule has 0 aromatic carbocycles. The molecule has 0 bridgehead atoms. The first-order valence-corrected chi connectivity index (χ1v) is 7.51. The minimum Gasteiger partial charge on any atom is -0.310 e. The Labute approximate surface area is 122 Å². The number of rotatable bonds is 3. The molecular weight excluding hydrogens is 266 g/mol. The maximum Gasteiger partial charge on any atom is 0.255 e. The summed E-state index contributed by atoms with van der Waals surface area (Å²) in [4.78, 5) is 22.2. The molecule has 0 saturated heterocycles. The van der Waals surface area contributed by atoms with E-state index in [4.69, 9.17) is 0 Å². The van der Waals surface area contributed by atoms with Crippen LogP contribution in [-0.2, 0) is 26.6 Å². The Morgan fingerprint density at radius 1 is 1.43 bits per heavy atom. The molecule has 1 saturated carbocycles. The van der Waals surface area contributed by atoms with E-state index in [9.17, 15) is 4.79 Å². The predicted molar refractivity (Wildman–Crippen MR) is 77.9 cm³/mol. The second-order valence-corrected chi connectivity index (χ2v) is 6.13. The van der Waals surface area contributed by atoms with Crippen LogP contribution in [0.3, 0.4) is 0 Å². The van der Waals surface area contributed by atoms with Gasteiger partial charge in [0.05, 0.1) is 17.5 Å². The number of aromatic amines is 1. The number of fused-ring (bicyclic) bond motifs is 1. The van der Waals surface area contributed by atoms with E-state index in [1.54, 1.807) is 0 Å². The highest BCUT2D eigenvalue weighted by Crippen LogP contribution is 2.37. The van der Waals surface area contributed by atoms with Crippen molar-refractivity contribution in [2.45, 2.75) is 38.3 Å². The monoisotopic (exact) mass is 285 g/mol. The summed E-state index contributed by atoms with van der Waals surface area (Å²) in [6.45, 7) is 2.46. The molecule has 0 atom stereocenters. The van der Waals surface area contributed by atoms with Gasteiger partial charge in [-0.3, -0.25) is 14.4 Å². The average Bonchev–Trinajstić information content (AvgIpc) is 3.24. The van der Waals surface area contributed by atoms with E-state index in [1.807, 2.05) is 24.1 Å². The first-order chi connectivity index (χ1) is 10.2. The van der Waals surface area contributed by atoms with Gasteiger partial charge in [0.2, 0.25) is 0 Å². The van der Waals surface area contributed by atoms with Crippen LogP contribution in [0, 0.1) is 0 Å². The number of nitrogens with one attached hydrogen (secondary N) is 1. The smallest absolute Gasteiger partial charge is 0.255 e. The minimum atomic E-state index is 0.0535. The first kappa shape index (κ1) is 12.8. The molecule has 6 heteroatoms. The number of hydrogen-bond acceptors (Lipinski definition) is 4. The normalized spacial score (nSPS) is 18.7. The summed E-state index contributed by atoms with van der Waals surface area (Å²) in [5, 5.41) is 4.19. The molecule has 0 unspecified atom stereocenters. The molecule has 2 aromatic heterocycles. The number of aryl methyl sites for hydroxylation is 1. The van der Waals surface area contributed by atoms with Gasteiger partial charge in [-0.05, 0) is 12.8 Å². The minimum absolute atomic E-state index is 0.0535. The molecule has 1 N–H and O–H groups in total. The van der Waals surface area contributed by atoms with Crippen molar-refractivity contribution in [3.05, 3.63) is 45.4 Å². The zero-order valence-electron chi connectivity index (χ0n) is 12.2. The molecule has 21 heavy (non-hydrogen) atoms. The van der Waals surface area contributed by atoms with Crippen LogP contribution in [0.4, 0.5) is 0 Å². The van der Waals surface area contributed by atoms with Crippen LogP contribution in [0.15, 0.2) is 17.2 Å². The van der Waals surface area contributed by atoms with Crippen molar-refractivity contribution in [1.29, 1.82) is 0 Å². The first-order valence-electron chi connectivity index (χ1n) is 7.51. The number of H-pyrrole nitrogens is 1. The summed E-state index contributed by atoms with van der Waals surface area (Å²) in [5.41, 5.74) is 3.08. The highest BCUT2D eigenvalue weighted by molar-refractivity contribution is 5.23. The Bertz CT molecular complexity index is 728. The van der Waals surface area contributed by atoms with Crippen molar-refractivity contribution in [1.82, 2.24) is 24.6 Å². The summed E-state index contributed by atoms with van der Waals surface area (Å²) < 4.78 is 1.81. The lowest BCUT2D eigenvalue weighted by Crippen LogP contribution is -2.35. The van der Waals surface area contributed by atoms with Gasteiger partial charge >= 0.3 is 0 Å². The molecule has 1 aliphatic carbocycles. The molecule has 110 valence electrons. The van der Waals surface area contributed by atoms with E-state index in [0.29, 0.717) is 12.5 Å². The Morgan fingerprint density at radius 3 is 3.00 bits per heavy atom. The molecule has 2 aliphatic rings. The van der Waals surface area contributed by atoms with Gasteiger partial charge in [0.15, 0.2) is 0 Å². The maximum absolute atomic E-state index is 12.3. The van der Waals surface area contributed by atoms with Gasteiger partial charge in [-0.1, -0.05) is 0 Å². The van der Waals surface area contributed by atoms with E-state index in [1.165, 1.54) is 5.56 Å². The third kappa shape index (κ3) is 2.51. The molecule has 2 aromatic rings. The van der Waals surface area contributed by atoms with Gasteiger partial charge in [0, 0.05) is 50.8 Å². The van der Waals surface area contributed by atoms with Crippen LogP contribution in [0.25, 0.3) is 0 Å². The van der Waals surface area contributed by atoms with Gasteiger partial charge in [-0.2, -0.15) is 5.10 Å². The van der Waals surface area contributed by atoms with E-state index >= 15 is 0 Å². The molecular formula is C15H19N5O.